The lowest BCUT2D eigenvalue weighted by Crippen LogP contribution is -2.23. The summed E-state index contributed by atoms with van der Waals surface area (Å²) in [5.41, 5.74) is 0. The van der Waals surface area contributed by atoms with Crippen LogP contribution >= 0.6 is 11.8 Å². The first-order valence-corrected chi connectivity index (χ1v) is 7.83. The molecule has 4 nitrogen and oxygen atoms in total. The summed E-state index contributed by atoms with van der Waals surface area (Å²) in [7, 11) is 0. The van der Waals surface area contributed by atoms with Gasteiger partial charge in [-0.1, -0.05) is 32.9 Å². The molecule has 1 aromatic heterocycles. The lowest BCUT2D eigenvalue weighted by molar-refractivity contribution is 0.370. The van der Waals surface area contributed by atoms with E-state index < -0.39 is 0 Å². The van der Waals surface area contributed by atoms with Crippen LogP contribution in [-0.4, -0.2) is 28.0 Å². The molecule has 1 N–H and O–H groups in total. The summed E-state index contributed by atoms with van der Waals surface area (Å²) >= 11 is 1.88. The third-order valence-electron chi connectivity index (χ3n) is 2.70. The predicted octanol–water partition coefficient (Wildman–Crippen LogP) is 3.03. The Morgan fingerprint density at radius 2 is 2.11 bits per heavy atom. The second-order valence-corrected chi connectivity index (χ2v) is 6.27. The Morgan fingerprint density at radius 3 is 2.78 bits per heavy atom. The van der Waals surface area contributed by atoms with E-state index in [4.69, 9.17) is 4.52 Å². The van der Waals surface area contributed by atoms with E-state index in [9.17, 15) is 0 Å². The Morgan fingerprint density at radius 1 is 1.33 bits per heavy atom. The van der Waals surface area contributed by atoms with Gasteiger partial charge in [-0.3, -0.25) is 0 Å². The Balaban J connectivity index is 2.21. The van der Waals surface area contributed by atoms with Gasteiger partial charge in [-0.05, 0) is 19.4 Å². The summed E-state index contributed by atoms with van der Waals surface area (Å²) in [5, 5.41) is 8.04. The molecule has 18 heavy (non-hydrogen) atoms. The number of rotatable bonds is 9. The third-order valence-corrected chi connectivity index (χ3v) is 4.03. The molecule has 0 amide bonds. The van der Waals surface area contributed by atoms with Gasteiger partial charge in [0, 0.05) is 17.7 Å². The molecule has 5 heteroatoms. The van der Waals surface area contributed by atoms with Crippen LogP contribution in [0.25, 0.3) is 0 Å². The molecule has 1 rings (SSSR count). The van der Waals surface area contributed by atoms with Gasteiger partial charge in [0.15, 0.2) is 5.82 Å². The lowest BCUT2D eigenvalue weighted by atomic mass is 10.3. The number of nitrogens with one attached hydrogen (secondary N) is 1. The summed E-state index contributed by atoms with van der Waals surface area (Å²) in [6.45, 7) is 9.72. The van der Waals surface area contributed by atoms with Gasteiger partial charge in [-0.2, -0.15) is 16.7 Å². The van der Waals surface area contributed by atoms with Gasteiger partial charge in [-0.15, -0.1) is 0 Å². The third kappa shape index (κ3) is 6.40. The maximum absolute atomic E-state index is 5.24. The van der Waals surface area contributed by atoms with Crippen molar-refractivity contribution in [2.75, 3.05) is 6.54 Å². The second-order valence-electron chi connectivity index (χ2n) is 4.85. The molecule has 1 atom stereocenters. The first-order valence-electron chi connectivity index (χ1n) is 6.78. The first kappa shape index (κ1) is 15.5. The number of nitrogens with zero attached hydrogens (tertiary/aromatic N) is 2. The first-order chi connectivity index (χ1) is 8.61. The van der Waals surface area contributed by atoms with Crippen LogP contribution in [0.2, 0.25) is 0 Å². The smallest absolute Gasteiger partial charge is 0.226 e. The fourth-order valence-electron chi connectivity index (χ4n) is 1.42. The lowest BCUT2D eigenvalue weighted by Gasteiger charge is -2.05. The number of hydrogen-bond donors (Lipinski definition) is 1. The zero-order valence-corrected chi connectivity index (χ0v) is 12.7. The van der Waals surface area contributed by atoms with Crippen LogP contribution in [0.5, 0.6) is 0 Å². The Labute approximate surface area is 114 Å². The highest BCUT2D eigenvalue weighted by Gasteiger charge is 2.08. The molecule has 0 spiro atoms. The van der Waals surface area contributed by atoms with Crippen molar-refractivity contribution in [1.82, 2.24) is 15.5 Å². The topological polar surface area (TPSA) is 51.0 Å². The highest BCUT2D eigenvalue weighted by molar-refractivity contribution is 7.99. The standard InChI is InChI=1S/C13H25N3OS/c1-5-11(4)18-9-12-15-13(17-16-12)7-6-8-14-10(2)3/h10-11,14H,5-9H2,1-4H3. The SMILES string of the molecule is CCC(C)SCc1noc(CCCNC(C)C)n1. The quantitative estimate of drug-likeness (QED) is 0.700. The Bertz CT molecular complexity index is 328. The molecule has 0 saturated heterocycles. The van der Waals surface area contributed by atoms with Crippen LogP contribution < -0.4 is 5.32 Å². The Hall–Kier alpha value is -0.550. The van der Waals surface area contributed by atoms with Gasteiger partial charge in [0.2, 0.25) is 5.89 Å². The van der Waals surface area contributed by atoms with E-state index in [2.05, 4.69) is 43.2 Å². The normalized spacial score (nSPS) is 13.2. The molecular weight excluding hydrogens is 246 g/mol. The van der Waals surface area contributed by atoms with Crippen molar-refractivity contribution in [3.8, 4) is 0 Å². The molecule has 1 unspecified atom stereocenters. The summed E-state index contributed by atoms with van der Waals surface area (Å²) in [4.78, 5) is 4.41. The molecule has 0 bridgehead atoms. The molecule has 0 radical (unpaired) electrons. The van der Waals surface area contributed by atoms with Crippen LogP contribution in [0.1, 0.15) is 52.3 Å². The van der Waals surface area contributed by atoms with E-state index in [0.29, 0.717) is 11.3 Å². The van der Waals surface area contributed by atoms with Crippen LogP contribution in [0.15, 0.2) is 4.52 Å². The summed E-state index contributed by atoms with van der Waals surface area (Å²) in [6.07, 6.45) is 3.08. The summed E-state index contributed by atoms with van der Waals surface area (Å²) in [5.74, 6) is 2.44. The number of aryl methyl sites for hydroxylation is 1. The van der Waals surface area contributed by atoms with Gasteiger partial charge in [0.25, 0.3) is 0 Å². The molecule has 0 aliphatic heterocycles. The highest BCUT2D eigenvalue weighted by atomic mass is 32.2. The molecule has 0 aliphatic carbocycles. The molecule has 1 heterocycles. The van der Waals surface area contributed by atoms with Gasteiger partial charge >= 0.3 is 0 Å². The second kappa shape index (κ2) is 8.53. The molecule has 0 saturated carbocycles. The molecule has 1 aromatic rings. The highest BCUT2D eigenvalue weighted by Crippen LogP contribution is 2.18. The number of hydrogen-bond acceptors (Lipinski definition) is 5. The van der Waals surface area contributed by atoms with Crippen LogP contribution in [0.3, 0.4) is 0 Å². The number of thioether (sulfide) groups is 1. The maximum Gasteiger partial charge on any atom is 0.226 e. The van der Waals surface area contributed by atoms with Gasteiger partial charge in [0.05, 0.1) is 5.75 Å². The van der Waals surface area contributed by atoms with Crippen molar-refractivity contribution >= 4 is 11.8 Å². The molecule has 0 fully saturated rings. The minimum atomic E-state index is 0.537. The van der Waals surface area contributed by atoms with Gasteiger partial charge in [0.1, 0.15) is 0 Å². The average Bonchev–Trinajstić information content (AvgIpc) is 2.79. The largest absolute Gasteiger partial charge is 0.339 e. The van der Waals surface area contributed by atoms with Crippen molar-refractivity contribution in [2.24, 2.45) is 0 Å². The van der Waals surface area contributed by atoms with E-state index >= 15 is 0 Å². The van der Waals surface area contributed by atoms with Crippen molar-refractivity contribution < 1.29 is 4.52 Å². The zero-order chi connectivity index (χ0) is 13.4. The van der Waals surface area contributed by atoms with Crippen LogP contribution in [0, 0.1) is 0 Å². The molecule has 0 aliphatic rings. The van der Waals surface area contributed by atoms with Crippen LogP contribution in [-0.2, 0) is 12.2 Å². The predicted molar refractivity (Wildman–Crippen MR) is 76.8 cm³/mol. The zero-order valence-electron chi connectivity index (χ0n) is 11.9. The van der Waals surface area contributed by atoms with Crippen molar-refractivity contribution in [2.45, 2.75) is 64.0 Å². The summed E-state index contributed by atoms with van der Waals surface area (Å²) in [6, 6.07) is 0.537. The van der Waals surface area contributed by atoms with E-state index in [-0.39, 0.29) is 0 Å². The molecule has 104 valence electrons. The minimum Gasteiger partial charge on any atom is -0.339 e. The number of aromatic nitrogens is 2. The van der Waals surface area contributed by atoms with E-state index in [1.807, 2.05) is 11.8 Å². The minimum absolute atomic E-state index is 0.537. The fraction of sp³-hybridized carbons (Fsp3) is 0.846. The van der Waals surface area contributed by atoms with E-state index in [0.717, 1.165) is 36.9 Å². The van der Waals surface area contributed by atoms with Gasteiger partial charge < -0.3 is 9.84 Å². The fourth-order valence-corrected chi connectivity index (χ4v) is 2.20. The molecular formula is C13H25N3OS. The van der Waals surface area contributed by atoms with E-state index in [1.54, 1.807) is 0 Å². The van der Waals surface area contributed by atoms with Gasteiger partial charge in [-0.25, -0.2) is 0 Å². The van der Waals surface area contributed by atoms with Crippen LogP contribution in [0.4, 0.5) is 0 Å². The van der Waals surface area contributed by atoms with Crippen molar-refractivity contribution in [3.05, 3.63) is 11.7 Å². The monoisotopic (exact) mass is 271 g/mol. The average molecular weight is 271 g/mol. The van der Waals surface area contributed by atoms with Crippen molar-refractivity contribution in [1.29, 1.82) is 0 Å². The van der Waals surface area contributed by atoms with Crippen molar-refractivity contribution in [3.63, 3.8) is 0 Å². The van der Waals surface area contributed by atoms with E-state index in [1.165, 1.54) is 6.42 Å². The molecule has 0 aromatic carbocycles. The maximum atomic E-state index is 5.24. The Kier molecular flexibility index (Phi) is 7.35. The summed E-state index contributed by atoms with van der Waals surface area (Å²) < 4.78 is 5.24.